The molecule has 6 heteroatoms. The zero-order valence-electron chi connectivity index (χ0n) is 12.1. The molecule has 1 heterocycles. The summed E-state index contributed by atoms with van der Waals surface area (Å²) in [6.07, 6.45) is 4.02. The molecule has 1 aromatic heterocycles. The average Bonchev–Trinajstić information content (AvgIpc) is 2.65. The number of fused-ring (bicyclic) bond motifs is 1. The third-order valence-electron chi connectivity index (χ3n) is 3.07. The van der Waals surface area contributed by atoms with Gasteiger partial charge in [0.2, 0.25) is 10.0 Å². The summed E-state index contributed by atoms with van der Waals surface area (Å²) < 4.78 is 27.1. The van der Waals surface area contributed by atoms with Gasteiger partial charge in [-0.3, -0.25) is 4.72 Å². The number of benzene rings is 1. The maximum atomic E-state index is 11.2. The van der Waals surface area contributed by atoms with E-state index in [-0.39, 0.29) is 5.54 Å². The van der Waals surface area contributed by atoms with Gasteiger partial charge in [-0.05, 0) is 44.5 Å². The van der Waals surface area contributed by atoms with Crippen LogP contribution in [0.4, 0.5) is 5.69 Å². The van der Waals surface area contributed by atoms with Crippen molar-refractivity contribution >= 4 is 26.6 Å². The van der Waals surface area contributed by atoms with Crippen LogP contribution in [0.3, 0.4) is 0 Å². The molecule has 0 bridgehead atoms. The number of nitrogens with one attached hydrogen (secondary N) is 1. The molecule has 0 saturated carbocycles. The number of nitrogens with zero attached hydrogens (tertiary/aromatic N) is 1. The first-order valence-corrected chi connectivity index (χ1v) is 8.39. The number of sulfonamides is 1. The van der Waals surface area contributed by atoms with Gasteiger partial charge < -0.3 is 10.3 Å². The fourth-order valence-corrected chi connectivity index (χ4v) is 2.64. The van der Waals surface area contributed by atoms with Crippen LogP contribution in [0, 0.1) is 0 Å². The van der Waals surface area contributed by atoms with Gasteiger partial charge in [-0.2, -0.15) is 0 Å². The first-order valence-electron chi connectivity index (χ1n) is 6.50. The molecule has 2 rings (SSSR count). The summed E-state index contributed by atoms with van der Waals surface area (Å²) in [7, 11) is -3.24. The highest BCUT2D eigenvalue weighted by molar-refractivity contribution is 7.92. The first-order chi connectivity index (χ1) is 9.14. The summed E-state index contributed by atoms with van der Waals surface area (Å²) in [5, 5.41) is 1.01. The molecule has 0 spiro atoms. The molecule has 0 radical (unpaired) electrons. The zero-order chi connectivity index (χ0) is 15.0. The highest BCUT2D eigenvalue weighted by atomic mass is 32.2. The van der Waals surface area contributed by atoms with Crippen LogP contribution in [0.25, 0.3) is 10.9 Å². The number of nitrogens with two attached hydrogens (primary N) is 1. The number of aromatic nitrogens is 1. The molecule has 0 fully saturated rings. The zero-order valence-corrected chi connectivity index (χ0v) is 12.9. The summed E-state index contributed by atoms with van der Waals surface area (Å²) in [6.45, 7) is 4.85. The maximum absolute atomic E-state index is 11.2. The van der Waals surface area contributed by atoms with E-state index in [4.69, 9.17) is 5.73 Å². The van der Waals surface area contributed by atoms with E-state index in [1.165, 1.54) is 0 Å². The van der Waals surface area contributed by atoms with Crippen molar-refractivity contribution in [2.45, 2.75) is 32.4 Å². The van der Waals surface area contributed by atoms with Crippen molar-refractivity contribution in [1.82, 2.24) is 4.57 Å². The number of hydrogen-bond acceptors (Lipinski definition) is 3. The summed E-state index contributed by atoms with van der Waals surface area (Å²) in [6, 6.07) is 7.51. The van der Waals surface area contributed by atoms with Gasteiger partial charge in [-0.1, -0.05) is 0 Å². The van der Waals surface area contributed by atoms with Gasteiger partial charge in [-0.15, -0.1) is 0 Å². The Morgan fingerprint density at radius 2 is 2.00 bits per heavy atom. The van der Waals surface area contributed by atoms with Gasteiger partial charge in [0.1, 0.15) is 0 Å². The highest BCUT2D eigenvalue weighted by Gasteiger charge is 2.11. The van der Waals surface area contributed by atoms with E-state index in [0.717, 1.165) is 30.1 Å². The standard InChI is InChI=1S/C14H21N3O2S/c1-14(2,15)7-9-17-8-6-11-10-12(4-5-13(11)17)16-20(3,18)19/h4-6,8,10,16H,7,9,15H2,1-3H3. The number of anilines is 1. The molecule has 110 valence electrons. The van der Waals surface area contributed by atoms with Crippen LogP contribution in [0.15, 0.2) is 30.5 Å². The van der Waals surface area contributed by atoms with Crippen LogP contribution < -0.4 is 10.5 Å². The summed E-state index contributed by atoms with van der Waals surface area (Å²) >= 11 is 0. The predicted molar refractivity (Wildman–Crippen MR) is 83.3 cm³/mol. The molecule has 0 saturated heterocycles. The van der Waals surface area contributed by atoms with Crippen molar-refractivity contribution in [2.24, 2.45) is 5.73 Å². The van der Waals surface area contributed by atoms with Gasteiger partial charge in [0, 0.05) is 34.9 Å². The van der Waals surface area contributed by atoms with Crippen LogP contribution in [0.5, 0.6) is 0 Å². The maximum Gasteiger partial charge on any atom is 0.229 e. The Balaban J connectivity index is 2.25. The molecular formula is C14H21N3O2S. The monoisotopic (exact) mass is 295 g/mol. The molecule has 20 heavy (non-hydrogen) atoms. The molecule has 0 amide bonds. The molecule has 2 aromatic rings. The molecule has 0 unspecified atom stereocenters. The molecular weight excluding hydrogens is 274 g/mol. The molecule has 1 aromatic carbocycles. The Labute approximate surface area is 119 Å². The van der Waals surface area contributed by atoms with Crippen LogP contribution in [0.1, 0.15) is 20.3 Å². The molecule has 3 N–H and O–H groups in total. The third kappa shape index (κ3) is 3.98. The lowest BCUT2D eigenvalue weighted by atomic mass is 10.0. The molecule has 0 aliphatic heterocycles. The molecule has 0 aliphatic carbocycles. The Kier molecular flexibility index (Phi) is 3.80. The lowest BCUT2D eigenvalue weighted by Gasteiger charge is -2.18. The topological polar surface area (TPSA) is 77.1 Å². The van der Waals surface area contributed by atoms with Crippen LogP contribution in [-0.2, 0) is 16.6 Å². The highest BCUT2D eigenvalue weighted by Crippen LogP contribution is 2.22. The van der Waals surface area contributed by atoms with E-state index in [0.29, 0.717) is 5.69 Å². The Morgan fingerprint density at radius 1 is 1.30 bits per heavy atom. The van der Waals surface area contributed by atoms with Gasteiger partial charge >= 0.3 is 0 Å². The smallest absolute Gasteiger partial charge is 0.229 e. The molecule has 5 nitrogen and oxygen atoms in total. The molecule has 0 atom stereocenters. The van der Waals surface area contributed by atoms with Gasteiger partial charge in [0.05, 0.1) is 6.26 Å². The Hall–Kier alpha value is -1.53. The lowest BCUT2D eigenvalue weighted by molar-refractivity contribution is 0.441. The number of hydrogen-bond donors (Lipinski definition) is 2. The fraction of sp³-hybridized carbons (Fsp3) is 0.429. The summed E-state index contributed by atoms with van der Waals surface area (Å²) in [4.78, 5) is 0. The van der Waals surface area contributed by atoms with E-state index in [1.807, 2.05) is 38.2 Å². The Bertz CT molecular complexity index is 712. The van der Waals surface area contributed by atoms with Crippen molar-refractivity contribution in [3.8, 4) is 0 Å². The van der Waals surface area contributed by atoms with Gasteiger partial charge in [-0.25, -0.2) is 8.42 Å². The van der Waals surface area contributed by atoms with Crippen molar-refractivity contribution in [3.63, 3.8) is 0 Å². The minimum Gasteiger partial charge on any atom is -0.347 e. The van der Waals surface area contributed by atoms with Crippen molar-refractivity contribution in [3.05, 3.63) is 30.5 Å². The van der Waals surface area contributed by atoms with Gasteiger partial charge in [0.25, 0.3) is 0 Å². The predicted octanol–water partition coefficient (Wildman–Crippen LogP) is 2.14. The number of rotatable bonds is 5. The minimum absolute atomic E-state index is 0.200. The molecule has 0 aliphatic rings. The van der Waals surface area contributed by atoms with Gasteiger partial charge in [0.15, 0.2) is 0 Å². The van der Waals surface area contributed by atoms with E-state index >= 15 is 0 Å². The van der Waals surface area contributed by atoms with Crippen LogP contribution >= 0.6 is 0 Å². The van der Waals surface area contributed by atoms with E-state index in [2.05, 4.69) is 9.29 Å². The third-order valence-corrected chi connectivity index (χ3v) is 3.68. The van der Waals surface area contributed by atoms with E-state index in [1.54, 1.807) is 6.07 Å². The lowest BCUT2D eigenvalue weighted by Crippen LogP contribution is -2.33. The second-order valence-corrected chi connectivity index (χ2v) is 7.64. The SMILES string of the molecule is CC(C)(N)CCn1ccc2cc(NS(C)(=O)=O)ccc21. The van der Waals surface area contributed by atoms with Crippen molar-refractivity contribution in [1.29, 1.82) is 0 Å². The summed E-state index contributed by atoms with van der Waals surface area (Å²) in [5.74, 6) is 0. The van der Waals surface area contributed by atoms with E-state index < -0.39 is 10.0 Å². The normalized spacial score (nSPS) is 12.8. The first kappa shape index (κ1) is 14.9. The number of aryl methyl sites for hydroxylation is 1. The van der Waals surface area contributed by atoms with Crippen molar-refractivity contribution in [2.75, 3.05) is 11.0 Å². The quantitative estimate of drug-likeness (QED) is 0.887. The van der Waals surface area contributed by atoms with Crippen LogP contribution in [0.2, 0.25) is 0 Å². The largest absolute Gasteiger partial charge is 0.347 e. The van der Waals surface area contributed by atoms with Crippen LogP contribution in [-0.4, -0.2) is 24.8 Å². The van der Waals surface area contributed by atoms with Crippen molar-refractivity contribution < 1.29 is 8.42 Å². The second kappa shape index (κ2) is 5.10. The minimum atomic E-state index is -3.24. The average molecular weight is 295 g/mol. The summed E-state index contributed by atoms with van der Waals surface area (Å²) in [5.41, 5.74) is 7.46. The second-order valence-electron chi connectivity index (χ2n) is 5.90. The van der Waals surface area contributed by atoms with E-state index in [9.17, 15) is 8.42 Å². The fourth-order valence-electron chi connectivity index (χ4n) is 2.08. The Morgan fingerprint density at radius 3 is 2.60 bits per heavy atom.